The van der Waals surface area contributed by atoms with Crippen LogP contribution in [0.15, 0.2) is 39.9 Å². The Morgan fingerprint density at radius 1 is 1.25 bits per heavy atom. The fourth-order valence-corrected chi connectivity index (χ4v) is 1.97. The number of carbonyl (C=O) groups excluding carboxylic acids is 2. The lowest BCUT2D eigenvalue weighted by atomic mass is 10.1. The summed E-state index contributed by atoms with van der Waals surface area (Å²) in [5, 5.41) is 6.28. The molecular formula is C17H18N2O5. The van der Waals surface area contributed by atoms with Crippen molar-refractivity contribution < 1.29 is 23.6 Å². The molecule has 0 aliphatic rings. The number of amides is 1. The molecule has 0 atom stereocenters. The lowest BCUT2D eigenvalue weighted by Gasteiger charge is -2.06. The van der Waals surface area contributed by atoms with Gasteiger partial charge in [0, 0.05) is 5.69 Å². The van der Waals surface area contributed by atoms with Gasteiger partial charge in [-0.2, -0.15) is 0 Å². The molecule has 1 heterocycles. The molecule has 1 amide bonds. The number of benzene rings is 1. The van der Waals surface area contributed by atoms with Crippen molar-refractivity contribution in [1.82, 2.24) is 0 Å². The fourth-order valence-electron chi connectivity index (χ4n) is 1.97. The maximum absolute atomic E-state index is 11.8. The van der Waals surface area contributed by atoms with Crippen molar-refractivity contribution in [3.63, 3.8) is 0 Å². The minimum absolute atomic E-state index is 0.00959. The van der Waals surface area contributed by atoms with Crippen LogP contribution in [-0.2, 0) is 21.0 Å². The number of rotatable bonds is 6. The number of carbonyl (C=O) groups is 2. The smallest absolute Gasteiger partial charge is 0.373 e. The Morgan fingerprint density at radius 3 is 2.75 bits per heavy atom. The molecule has 1 aromatic carbocycles. The summed E-state index contributed by atoms with van der Waals surface area (Å²) in [7, 11) is 1.26. The summed E-state index contributed by atoms with van der Waals surface area (Å²) in [5.41, 5.74) is 2.79. The zero-order valence-electron chi connectivity index (χ0n) is 13.7. The van der Waals surface area contributed by atoms with Crippen LogP contribution in [0.5, 0.6) is 0 Å². The summed E-state index contributed by atoms with van der Waals surface area (Å²) >= 11 is 0. The number of furan rings is 1. The Bertz CT molecular complexity index is 764. The first-order chi connectivity index (χ1) is 11.5. The number of hydrogen-bond acceptors (Lipinski definition) is 6. The Labute approximate surface area is 139 Å². The molecule has 1 N–H and O–H groups in total. The summed E-state index contributed by atoms with van der Waals surface area (Å²) in [4.78, 5) is 28.0. The van der Waals surface area contributed by atoms with Crippen LogP contribution >= 0.6 is 0 Å². The van der Waals surface area contributed by atoms with E-state index in [0.717, 1.165) is 17.3 Å². The lowest BCUT2D eigenvalue weighted by molar-refractivity contribution is -0.110. The number of anilines is 1. The molecule has 0 aliphatic heterocycles. The van der Waals surface area contributed by atoms with Crippen molar-refractivity contribution in [2.24, 2.45) is 5.16 Å². The molecular weight excluding hydrogens is 312 g/mol. The monoisotopic (exact) mass is 330 g/mol. The maximum Gasteiger partial charge on any atom is 0.373 e. The zero-order valence-corrected chi connectivity index (χ0v) is 13.7. The van der Waals surface area contributed by atoms with Gasteiger partial charge in [-0.25, -0.2) is 4.79 Å². The third-order valence-electron chi connectivity index (χ3n) is 3.14. The zero-order chi connectivity index (χ0) is 17.5. The average Bonchev–Trinajstić information content (AvgIpc) is 3.02. The first kappa shape index (κ1) is 17.3. The van der Waals surface area contributed by atoms with Crippen LogP contribution in [-0.4, -0.2) is 25.2 Å². The van der Waals surface area contributed by atoms with Crippen LogP contribution in [0.25, 0.3) is 0 Å². The normalized spacial score (nSPS) is 10.6. The molecule has 24 heavy (non-hydrogen) atoms. The number of methoxy groups -OCH3 is 1. The van der Waals surface area contributed by atoms with E-state index in [2.05, 4.69) is 15.2 Å². The summed E-state index contributed by atoms with van der Waals surface area (Å²) in [6.07, 6.45) is 1.03. The van der Waals surface area contributed by atoms with E-state index < -0.39 is 11.9 Å². The minimum atomic E-state index is -0.572. The van der Waals surface area contributed by atoms with Gasteiger partial charge in [0.1, 0.15) is 12.0 Å². The molecule has 2 rings (SSSR count). The van der Waals surface area contributed by atoms with Gasteiger partial charge in [0.2, 0.25) is 5.76 Å². The van der Waals surface area contributed by atoms with Crippen molar-refractivity contribution in [3.05, 3.63) is 53.0 Å². The largest absolute Gasteiger partial charge is 0.463 e. The van der Waals surface area contributed by atoms with E-state index in [1.807, 2.05) is 32.0 Å². The quantitative estimate of drug-likeness (QED) is 0.500. The second-order valence-corrected chi connectivity index (χ2v) is 5.07. The number of esters is 1. The van der Waals surface area contributed by atoms with Crippen molar-refractivity contribution in [2.45, 2.75) is 20.5 Å². The van der Waals surface area contributed by atoms with E-state index >= 15 is 0 Å². The van der Waals surface area contributed by atoms with Crippen LogP contribution < -0.4 is 5.32 Å². The number of ether oxygens (including phenoxy) is 1. The molecule has 0 spiro atoms. The number of aryl methyl sites for hydroxylation is 2. The molecule has 7 heteroatoms. The van der Waals surface area contributed by atoms with Gasteiger partial charge in [-0.1, -0.05) is 22.9 Å². The third-order valence-corrected chi connectivity index (χ3v) is 3.14. The molecule has 0 aliphatic carbocycles. The molecule has 126 valence electrons. The van der Waals surface area contributed by atoms with Crippen LogP contribution in [0.4, 0.5) is 5.69 Å². The highest BCUT2D eigenvalue weighted by atomic mass is 16.6. The number of nitrogens with zero attached hydrogens (tertiary/aromatic N) is 1. The molecule has 0 saturated carbocycles. The standard InChI is InChI=1S/C17H18N2O5/c1-11-4-6-14(12(2)8-11)19-16(20)9-18-23-10-13-5-7-15(24-13)17(21)22-3/h4-9H,10H2,1-3H3,(H,19,20)/b18-9-. The summed E-state index contributed by atoms with van der Waals surface area (Å²) in [5.74, 6) is -0.510. The molecule has 7 nitrogen and oxygen atoms in total. The minimum Gasteiger partial charge on any atom is -0.463 e. The summed E-state index contributed by atoms with van der Waals surface area (Å²) in [6.45, 7) is 3.88. The number of hydrogen-bond donors (Lipinski definition) is 1. The second kappa shape index (κ2) is 7.96. The highest BCUT2D eigenvalue weighted by Crippen LogP contribution is 2.15. The van der Waals surface area contributed by atoms with E-state index in [0.29, 0.717) is 11.4 Å². The summed E-state index contributed by atoms with van der Waals surface area (Å²) in [6, 6.07) is 8.75. The van der Waals surface area contributed by atoms with Crippen LogP contribution in [0.2, 0.25) is 0 Å². The molecule has 0 fully saturated rings. The van der Waals surface area contributed by atoms with Crippen LogP contribution in [0, 0.1) is 13.8 Å². The van der Waals surface area contributed by atoms with Gasteiger partial charge in [0.05, 0.1) is 7.11 Å². The second-order valence-electron chi connectivity index (χ2n) is 5.07. The van der Waals surface area contributed by atoms with Gasteiger partial charge in [0.15, 0.2) is 6.61 Å². The number of oxime groups is 1. The average molecular weight is 330 g/mol. The highest BCUT2D eigenvalue weighted by Gasteiger charge is 2.11. The SMILES string of the molecule is COC(=O)c1ccc(CO/N=C\C(=O)Nc2ccc(C)cc2C)o1. The van der Waals surface area contributed by atoms with Gasteiger partial charge in [-0.3, -0.25) is 4.79 Å². The number of nitrogens with one attached hydrogen (secondary N) is 1. The van der Waals surface area contributed by atoms with Crippen molar-refractivity contribution in [3.8, 4) is 0 Å². The lowest BCUT2D eigenvalue weighted by Crippen LogP contribution is -2.13. The summed E-state index contributed by atoms with van der Waals surface area (Å²) < 4.78 is 9.72. The van der Waals surface area contributed by atoms with Crippen LogP contribution in [0.1, 0.15) is 27.4 Å². The predicted octanol–water partition coefficient (Wildman–Crippen LogP) is 2.82. The molecule has 0 bridgehead atoms. The van der Waals surface area contributed by atoms with Crippen LogP contribution in [0.3, 0.4) is 0 Å². The third kappa shape index (κ3) is 4.70. The fraction of sp³-hybridized carbons (Fsp3) is 0.235. The van der Waals surface area contributed by atoms with Gasteiger partial charge >= 0.3 is 5.97 Å². The predicted molar refractivity (Wildman–Crippen MR) is 87.9 cm³/mol. The van der Waals surface area contributed by atoms with E-state index in [9.17, 15) is 9.59 Å². The molecule has 1 aromatic heterocycles. The van der Waals surface area contributed by atoms with Gasteiger partial charge in [0.25, 0.3) is 5.91 Å². The van der Waals surface area contributed by atoms with Gasteiger partial charge in [-0.15, -0.1) is 0 Å². The van der Waals surface area contributed by atoms with Crippen molar-refractivity contribution in [2.75, 3.05) is 12.4 Å². The maximum atomic E-state index is 11.8. The topological polar surface area (TPSA) is 90.1 Å². The van der Waals surface area contributed by atoms with Gasteiger partial charge in [-0.05, 0) is 37.6 Å². The first-order valence-corrected chi connectivity index (χ1v) is 7.20. The highest BCUT2D eigenvalue weighted by molar-refractivity contribution is 6.31. The Kier molecular flexibility index (Phi) is 5.73. The first-order valence-electron chi connectivity index (χ1n) is 7.20. The Hall–Kier alpha value is -3.09. The molecule has 0 unspecified atom stereocenters. The Morgan fingerprint density at radius 2 is 2.04 bits per heavy atom. The van der Waals surface area contributed by atoms with E-state index in [-0.39, 0.29) is 12.4 Å². The van der Waals surface area contributed by atoms with E-state index in [1.54, 1.807) is 6.07 Å². The molecule has 2 aromatic rings. The molecule has 0 saturated heterocycles. The van der Waals surface area contributed by atoms with Crippen molar-refractivity contribution >= 4 is 23.8 Å². The van der Waals surface area contributed by atoms with Gasteiger partial charge < -0.3 is 19.3 Å². The van der Waals surface area contributed by atoms with E-state index in [4.69, 9.17) is 9.25 Å². The Balaban J connectivity index is 1.82. The van der Waals surface area contributed by atoms with Crippen molar-refractivity contribution in [1.29, 1.82) is 0 Å². The molecule has 0 radical (unpaired) electrons. The van der Waals surface area contributed by atoms with E-state index in [1.165, 1.54) is 13.2 Å².